The quantitative estimate of drug-likeness (QED) is 0.874. The van der Waals surface area contributed by atoms with Crippen LogP contribution in [-0.2, 0) is 4.79 Å². The molecule has 1 aliphatic carbocycles. The zero-order valence-corrected chi connectivity index (χ0v) is 11.6. The molecule has 1 atom stereocenters. The largest absolute Gasteiger partial charge is 0.349 e. The Morgan fingerprint density at radius 2 is 2.00 bits per heavy atom. The Labute approximate surface area is 119 Å². The Bertz CT molecular complexity index is 406. The van der Waals surface area contributed by atoms with E-state index in [1.165, 1.54) is 18.6 Å². The van der Waals surface area contributed by atoms with E-state index in [0.29, 0.717) is 18.9 Å². The Morgan fingerprint density at radius 3 is 2.47 bits per heavy atom. The Morgan fingerprint density at radius 1 is 1.37 bits per heavy atom. The topological polar surface area (TPSA) is 55.1 Å². The van der Waals surface area contributed by atoms with Crippen LogP contribution in [0.3, 0.4) is 0 Å². The first-order chi connectivity index (χ1) is 8.70. The maximum absolute atomic E-state index is 12.9. The summed E-state index contributed by atoms with van der Waals surface area (Å²) in [4.78, 5) is 11.7. The minimum absolute atomic E-state index is 0. The summed E-state index contributed by atoms with van der Waals surface area (Å²) in [5.41, 5.74) is 6.35. The van der Waals surface area contributed by atoms with Gasteiger partial charge in [-0.25, -0.2) is 4.39 Å². The number of halogens is 2. The summed E-state index contributed by atoms with van der Waals surface area (Å²) >= 11 is 0. The molecule has 1 aromatic rings. The van der Waals surface area contributed by atoms with E-state index >= 15 is 0 Å². The van der Waals surface area contributed by atoms with E-state index in [1.807, 2.05) is 0 Å². The molecule has 1 unspecified atom stereocenters. The third-order valence-electron chi connectivity index (χ3n) is 3.54. The van der Waals surface area contributed by atoms with Gasteiger partial charge in [0.15, 0.2) is 0 Å². The van der Waals surface area contributed by atoms with Gasteiger partial charge in [0.05, 0.1) is 6.04 Å². The number of nitrogens with two attached hydrogens (primary N) is 1. The van der Waals surface area contributed by atoms with Gasteiger partial charge in [-0.1, -0.05) is 18.6 Å². The van der Waals surface area contributed by atoms with Gasteiger partial charge >= 0.3 is 0 Å². The summed E-state index contributed by atoms with van der Waals surface area (Å²) in [6, 6.07) is 6.38. The molecule has 0 radical (unpaired) electrons. The van der Waals surface area contributed by atoms with Crippen LogP contribution in [0, 0.1) is 11.7 Å². The van der Waals surface area contributed by atoms with Crippen molar-refractivity contribution in [3.63, 3.8) is 0 Å². The van der Waals surface area contributed by atoms with Gasteiger partial charge in [-0.2, -0.15) is 0 Å². The summed E-state index contributed by atoms with van der Waals surface area (Å²) in [6.45, 7) is 0.354. The van der Waals surface area contributed by atoms with Crippen LogP contribution in [0.5, 0.6) is 0 Å². The summed E-state index contributed by atoms with van der Waals surface area (Å²) in [7, 11) is 0. The normalized spacial score (nSPS) is 16.1. The SMILES string of the molecule is Cl.NCCC(=O)NC(c1ccc(F)cc1)C1CCC1. The Hall–Kier alpha value is -1.13. The monoisotopic (exact) mass is 286 g/mol. The third-order valence-corrected chi connectivity index (χ3v) is 3.54. The molecular formula is C14H20ClFN2O. The van der Waals surface area contributed by atoms with Gasteiger partial charge in [0.25, 0.3) is 0 Å². The molecule has 1 fully saturated rings. The summed E-state index contributed by atoms with van der Waals surface area (Å²) in [5.74, 6) is 0.190. The molecule has 2 rings (SSSR count). The minimum Gasteiger partial charge on any atom is -0.349 e. The van der Waals surface area contributed by atoms with Crippen molar-refractivity contribution in [1.29, 1.82) is 0 Å². The molecule has 0 aliphatic heterocycles. The van der Waals surface area contributed by atoms with Crippen molar-refractivity contribution in [3.8, 4) is 0 Å². The van der Waals surface area contributed by atoms with Crippen LogP contribution in [0.2, 0.25) is 0 Å². The lowest BCUT2D eigenvalue weighted by Gasteiger charge is -2.34. The summed E-state index contributed by atoms with van der Waals surface area (Å²) < 4.78 is 12.9. The average Bonchev–Trinajstić information content (AvgIpc) is 2.27. The van der Waals surface area contributed by atoms with Crippen molar-refractivity contribution in [1.82, 2.24) is 5.32 Å². The Balaban J connectivity index is 0.00000180. The van der Waals surface area contributed by atoms with Gasteiger partial charge in [-0.15, -0.1) is 12.4 Å². The maximum Gasteiger partial charge on any atom is 0.221 e. The maximum atomic E-state index is 12.9. The first-order valence-corrected chi connectivity index (χ1v) is 6.45. The molecule has 0 bridgehead atoms. The van der Waals surface area contributed by atoms with Gasteiger partial charge in [0, 0.05) is 13.0 Å². The van der Waals surface area contributed by atoms with E-state index in [2.05, 4.69) is 5.32 Å². The highest BCUT2D eigenvalue weighted by Gasteiger charge is 2.29. The number of carbonyl (C=O) groups is 1. The minimum atomic E-state index is -0.251. The van der Waals surface area contributed by atoms with E-state index in [4.69, 9.17) is 5.73 Å². The van der Waals surface area contributed by atoms with Crippen LogP contribution in [0.25, 0.3) is 0 Å². The zero-order chi connectivity index (χ0) is 13.0. The lowest BCUT2D eigenvalue weighted by atomic mass is 9.77. The standard InChI is InChI=1S/C14H19FN2O.ClH/c15-12-6-4-11(5-7-12)14(10-2-1-3-10)17-13(18)8-9-16;/h4-7,10,14H,1-3,8-9,16H2,(H,17,18);1H. The molecule has 19 heavy (non-hydrogen) atoms. The van der Waals surface area contributed by atoms with E-state index in [0.717, 1.165) is 18.4 Å². The van der Waals surface area contributed by atoms with Gasteiger partial charge in [0.1, 0.15) is 5.82 Å². The van der Waals surface area contributed by atoms with E-state index in [1.54, 1.807) is 12.1 Å². The summed E-state index contributed by atoms with van der Waals surface area (Å²) in [6.07, 6.45) is 3.77. The molecule has 1 aromatic carbocycles. The second-order valence-corrected chi connectivity index (χ2v) is 4.83. The van der Waals surface area contributed by atoms with Crippen LogP contribution in [0.1, 0.15) is 37.3 Å². The van der Waals surface area contributed by atoms with Crippen molar-refractivity contribution in [2.24, 2.45) is 11.7 Å². The van der Waals surface area contributed by atoms with Crippen molar-refractivity contribution < 1.29 is 9.18 Å². The lowest BCUT2D eigenvalue weighted by molar-refractivity contribution is -0.122. The zero-order valence-electron chi connectivity index (χ0n) is 10.8. The first-order valence-electron chi connectivity index (χ1n) is 6.45. The molecule has 106 valence electrons. The molecule has 0 saturated heterocycles. The van der Waals surface area contributed by atoms with Crippen LogP contribution in [0.4, 0.5) is 4.39 Å². The fourth-order valence-electron chi connectivity index (χ4n) is 2.29. The van der Waals surface area contributed by atoms with Crippen LogP contribution in [-0.4, -0.2) is 12.5 Å². The third kappa shape index (κ3) is 4.18. The van der Waals surface area contributed by atoms with E-state index in [-0.39, 0.29) is 30.2 Å². The molecule has 0 spiro atoms. The fourth-order valence-corrected chi connectivity index (χ4v) is 2.29. The molecule has 3 nitrogen and oxygen atoms in total. The van der Waals surface area contributed by atoms with Crippen molar-refractivity contribution >= 4 is 18.3 Å². The number of benzene rings is 1. The molecule has 0 heterocycles. The molecular weight excluding hydrogens is 267 g/mol. The number of nitrogens with one attached hydrogen (secondary N) is 1. The van der Waals surface area contributed by atoms with Gasteiger partial charge < -0.3 is 11.1 Å². The molecule has 3 N–H and O–H groups in total. The predicted molar refractivity (Wildman–Crippen MR) is 75.5 cm³/mol. The molecule has 5 heteroatoms. The highest BCUT2D eigenvalue weighted by molar-refractivity contribution is 5.85. The van der Waals surface area contributed by atoms with Crippen molar-refractivity contribution in [2.45, 2.75) is 31.7 Å². The fraction of sp³-hybridized carbons (Fsp3) is 0.500. The lowest BCUT2D eigenvalue weighted by Crippen LogP contribution is -2.36. The predicted octanol–water partition coefficient (Wildman–Crippen LogP) is 2.55. The van der Waals surface area contributed by atoms with E-state index in [9.17, 15) is 9.18 Å². The number of carbonyl (C=O) groups excluding carboxylic acids is 1. The number of rotatable bonds is 5. The van der Waals surface area contributed by atoms with E-state index < -0.39 is 0 Å². The van der Waals surface area contributed by atoms with Gasteiger partial charge in [0.2, 0.25) is 5.91 Å². The number of hydrogen-bond donors (Lipinski definition) is 2. The Kier molecular flexibility index (Phi) is 6.25. The van der Waals surface area contributed by atoms with Crippen molar-refractivity contribution in [2.75, 3.05) is 6.54 Å². The highest BCUT2D eigenvalue weighted by Crippen LogP contribution is 2.37. The van der Waals surface area contributed by atoms with Crippen molar-refractivity contribution in [3.05, 3.63) is 35.6 Å². The average molecular weight is 287 g/mol. The number of hydrogen-bond acceptors (Lipinski definition) is 2. The van der Waals surface area contributed by atoms with Crippen LogP contribution >= 0.6 is 12.4 Å². The van der Waals surface area contributed by atoms with Crippen LogP contribution < -0.4 is 11.1 Å². The second-order valence-electron chi connectivity index (χ2n) is 4.83. The smallest absolute Gasteiger partial charge is 0.221 e. The van der Waals surface area contributed by atoms with Gasteiger partial charge in [-0.05, 0) is 36.5 Å². The van der Waals surface area contributed by atoms with Gasteiger partial charge in [-0.3, -0.25) is 4.79 Å². The highest BCUT2D eigenvalue weighted by atomic mass is 35.5. The molecule has 1 amide bonds. The van der Waals surface area contributed by atoms with Crippen LogP contribution in [0.15, 0.2) is 24.3 Å². The molecule has 1 aliphatic rings. The molecule has 1 saturated carbocycles. The second kappa shape index (κ2) is 7.46. The molecule has 0 aromatic heterocycles. The number of amides is 1. The summed E-state index contributed by atoms with van der Waals surface area (Å²) in [5, 5.41) is 3.01. The first kappa shape index (κ1) is 15.9.